The van der Waals surface area contributed by atoms with Gasteiger partial charge < -0.3 is 19.5 Å². The van der Waals surface area contributed by atoms with E-state index in [0.29, 0.717) is 18.6 Å². The minimum Gasteiger partial charge on any atom is -0.381 e. The molecule has 0 radical (unpaired) electrons. The monoisotopic (exact) mass is 464 g/mol. The van der Waals surface area contributed by atoms with Gasteiger partial charge in [-0.1, -0.05) is 0 Å². The zero-order valence-corrected chi connectivity index (χ0v) is 20.2. The van der Waals surface area contributed by atoms with Crippen LogP contribution in [0.5, 0.6) is 0 Å². The smallest absolute Gasteiger partial charge is 0.253 e. The first kappa shape index (κ1) is 22.1. The summed E-state index contributed by atoms with van der Waals surface area (Å²) < 4.78 is 7.90. The maximum absolute atomic E-state index is 13.5. The summed E-state index contributed by atoms with van der Waals surface area (Å²) in [6, 6.07) is 7.15. The fraction of sp³-hybridized carbons (Fsp3) is 0.630. The molecule has 1 atom stereocenters. The molecule has 4 heterocycles. The number of aromatic nitrogens is 1. The second-order valence-electron chi connectivity index (χ2n) is 10.7. The summed E-state index contributed by atoms with van der Waals surface area (Å²) in [5.74, 6) is 0.0980. The van der Waals surface area contributed by atoms with E-state index in [1.54, 1.807) is 0 Å². The highest BCUT2D eigenvalue weighted by Gasteiger charge is 2.33. The number of hydrogen-bond acceptors (Lipinski definition) is 4. The Morgan fingerprint density at radius 3 is 2.68 bits per heavy atom. The van der Waals surface area contributed by atoms with Gasteiger partial charge >= 0.3 is 0 Å². The summed E-state index contributed by atoms with van der Waals surface area (Å²) in [4.78, 5) is 30.6. The average molecular weight is 465 g/mol. The molecule has 2 aromatic rings. The van der Waals surface area contributed by atoms with Crippen LogP contribution in [0.25, 0.3) is 10.9 Å². The Labute approximate surface area is 201 Å². The van der Waals surface area contributed by atoms with Gasteiger partial charge in [-0.2, -0.15) is 0 Å². The molecule has 1 aromatic carbocycles. The fourth-order valence-corrected chi connectivity index (χ4v) is 6.20. The predicted octanol–water partition coefficient (Wildman–Crippen LogP) is 2.85. The number of carbonyl (C=O) groups is 2. The summed E-state index contributed by atoms with van der Waals surface area (Å²) in [7, 11) is 2.15. The van der Waals surface area contributed by atoms with E-state index in [0.717, 1.165) is 83.4 Å². The van der Waals surface area contributed by atoms with Crippen molar-refractivity contribution in [3.8, 4) is 0 Å². The zero-order chi connectivity index (χ0) is 23.2. The van der Waals surface area contributed by atoms with Crippen molar-refractivity contribution >= 4 is 22.7 Å². The molecule has 6 rings (SSSR count). The standard InChI is InChI=1S/C27H36N4O3/c1-29-24-7-4-18(27(33)31-11-2-3-19(16-31)26(32)28-20-5-6-20)15-22(24)23-17-30(12-8-25(23)29)21-9-13-34-14-10-21/h4,7,15,19-21H,2-3,5-6,8-14,16-17H2,1H3,(H,28,32). The lowest BCUT2D eigenvalue weighted by molar-refractivity contribution is -0.126. The van der Waals surface area contributed by atoms with E-state index < -0.39 is 0 Å². The van der Waals surface area contributed by atoms with E-state index in [-0.39, 0.29) is 17.7 Å². The molecular weight excluding hydrogens is 428 g/mol. The van der Waals surface area contributed by atoms with E-state index in [1.165, 1.54) is 22.2 Å². The molecule has 1 unspecified atom stereocenters. The minimum atomic E-state index is -0.0838. The van der Waals surface area contributed by atoms with Gasteiger partial charge in [0, 0.05) is 87.1 Å². The highest BCUT2D eigenvalue weighted by Crippen LogP contribution is 2.33. The van der Waals surface area contributed by atoms with Gasteiger partial charge in [-0.05, 0) is 62.3 Å². The van der Waals surface area contributed by atoms with E-state index in [4.69, 9.17) is 4.74 Å². The lowest BCUT2D eigenvalue weighted by Gasteiger charge is -2.37. The number of likely N-dealkylation sites (tertiary alicyclic amines) is 1. The third kappa shape index (κ3) is 4.13. The summed E-state index contributed by atoms with van der Waals surface area (Å²) in [6.45, 7) is 5.01. The average Bonchev–Trinajstić information content (AvgIpc) is 3.67. The van der Waals surface area contributed by atoms with Crippen LogP contribution in [0.3, 0.4) is 0 Å². The van der Waals surface area contributed by atoms with E-state index in [2.05, 4.69) is 34.0 Å². The van der Waals surface area contributed by atoms with Gasteiger partial charge in [0.25, 0.3) is 5.91 Å². The minimum absolute atomic E-state index is 0.0560. The van der Waals surface area contributed by atoms with E-state index in [1.807, 2.05) is 11.0 Å². The SMILES string of the molecule is Cn1c2c(c3cc(C(=O)N4CCCC(C(=O)NC5CC5)C4)ccc31)CN(C1CCOCC1)CC2. The van der Waals surface area contributed by atoms with E-state index in [9.17, 15) is 9.59 Å². The largest absolute Gasteiger partial charge is 0.381 e. The van der Waals surface area contributed by atoms with Gasteiger partial charge in [-0.25, -0.2) is 0 Å². The Morgan fingerprint density at radius 2 is 1.88 bits per heavy atom. The van der Waals surface area contributed by atoms with Crippen LogP contribution in [0.15, 0.2) is 18.2 Å². The first-order valence-corrected chi connectivity index (χ1v) is 13.1. The van der Waals surface area contributed by atoms with Crippen molar-refractivity contribution in [3.63, 3.8) is 0 Å². The highest BCUT2D eigenvalue weighted by atomic mass is 16.5. The zero-order valence-electron chi connectivity index (χ0n) is 20.2. The molecule has 3 fully saturated rings. The van der Waals surface area contributed by atoms with Crippen LogP contribution in [-0.4, -0.2) is 71.1 Å². The highest BCUT2D eigenvalue weighted by molar-refractivity contribution is 5.99. The van der Waals surface area contributed by atoms with Gasteiger partial charge in [-0.15, -0.1) is 0 Å². The number of nitrogens with one attached hydrogen (secondary N) is 1. The number of ether oxygens (including phenoxy) is 1. The molecule has 7 nitrogen and oxygen atoms in total. The molecule has 3 aliphatic heterocycles. The third-order valence-electron chi connectivity index (χ3n) is 8.39. The summed E-state index contributed by atoms with van der Waals surface area (Å²) in [5, 5.41) is 4.33. The lowest BCUT2D eigenvalue weighted by atomic mass is 9.96. The molecule has 182 valence electrons. The van der Waals surface area contributed by atoms with Gasteiger partial charge in [-0.3, -0.25) is 14.5 Å². The number of piperidine rings is 1. The summed E-state index contributed by atoms with van der Waals surface area (Å²) >= 11 is 0. The molecule has 1 aromatic heterocycles. The van der Waals surface area contributed by atoms with E-state index >= 15 is 0 Å². The molecule has 1 aliphatic carbocycles. The Morgan fingerprint density at radius 1 is 1.06 bits per heavy atom. The van der Waals surface area contributed by atoms with Crippen molar-refractivity contribution in [2.75, 3.05) is 32.8 Å². The second kappa shape index (κ2) is 9.00. The fourth-order valence-electron chi connectivity index (χ4n) is 6.20. The van der Waals surface area contributed by atoms with Crippen molar-refractivity contribution in [1.29, 1.82) is 0 Å². The summed E-state index contributed by atoms with van der Waals surface area (Å²) in [6.07, 6.45) is 7.20. The number of benzene rings is 1. The van der Waals surface area contributed by atoms with Gasteiger partial charge in [0.15, 0.2) is 0 Å². The maximum Gasteiger partial charge on any atom is 0.253 e. The molecular formula is C27H36N4O3. The van der Waals surface area contributed by atoms with Gasteiger partial charge in [0.1, 0.15) is 0 Å². The first-order chi connectivity index (χ1) is 16.6. The van der Waals surface area contributed by atoms with Crippen LogP contribution < -0.4 is 5.32 Å². The molecule has 2 saturated heterocycles. The second-order valence-corrected chi connectivity index (χ2v) is 10.7. The topological polar surface area (TPSA) is 66.8 Å². The number of carbonyl (C=O) groups excluding carboxylic acids is 2. The predicted molar refractivity (Wildman–Crippen MR) is 131 cm³/mol. The third-order valence-corrected chi connectivity index (χ3v) is 8.39. The maximum atomic E-state index is 13.5. The normalized spacial score (nSPS) is 24.3. The van der Waals surface area contributed by atoms with Crippen LogP contribution in [0, 0.1) is 5.92 Å². The van der Waals surface area contributed by atoms with Crippen molar-refractivity contribution in [2.45, 2.75) is 63.6 Å². The number of rotatable bonds is 4. The van der Waals surface area contributed by atoms with Crippen LogP contribution in [0.4, 0.5) is 0 Å². The Bertz CT molecular complexity index is 1100. The molecule has 0 spiro atoms. The molecule has 1 N–H and O–H groups in total. The number of nitrogens with zero attached hydrogens (tertiary/aromatic N) is 3. The number of fused-ring (bicyclic) bond motifs is 3. The van der Waals surface area contributed by atoms with Crippen molar-refractivity contribution in [1.82, 2.24) is 19.7 Å². The molecule has 2 amide bonds. The Balaban J connectivity index is 1.23. The van der Waals surface area contributed by atoms with Crippen molar-refractivity contribution in [3.05, 3.63) is 35.0 Å². The summed E-state index contributed by atoms with van der Waals surface area (Å²) in [5.41, 5.74) is 4.73. The Hall–Kier alpha value is -2.38. The molecule has 0 bridgehead atoms. The molecule has 1 saturated carbocycles. The van der Waals surface area contributed by atoms with Gasteiger partial charge in [0.2, 0.25) is 5.91 Å². The molecule has 34 heavy (non-hydrogen) atoms. The van der Waals surface area contributed by atoms with Crippen molar-refractivity contribution in [2.24, 2.45) is 13.0 Å². The lowest BCUT2D eigenvalue weighted by Crippen LogP contribution is -2.45. The number of hydrogen-bond donors (Lipinski definition) is 1. The molecule has 7 heteroatoms. The van der Waals surface area contributed by atoms with Crippen LogP contribution in [-0.2, 0) is 29.5 Å². The van der Waals surface area contributed by atoms with Crippen LogP contribution in [0.1, 0.15) is 60.1 Å². The quantitative estimate of drug-likeness (QED) is 0.756. The van der Waals surface area contributed by atoms with Crippen molar-refractivity contribution < 1.29 is 14.3 Å². The Kier molecular flexibility index (Phi) is 5.86. The van der Waals surface area contributed by atoms with Crippen LogP contribution in [0.2, 0.25) is 0 Å². The number of amides is 2. The number of aryl methyl sites for hydroxylation is 1. The first-order valence-electron chi connectivity index (χ1n) is 13.1. The van der Waals surface area contributed by atoms with Gasteiger partial charge in [0.05, 0.1) is 5.92 Å². The van der Waals surface area contributed by atoms with Crippen LogP contribution >= 0.6 is 0 Å². The molecule has 4 aliphatic rings.